The van der Waals surface area contributed by atoms with Crippen LogP contribution in [0.2, 0.25) is 0 Å². The minimum Gasteiger partial charge on any atom is -0.468 e. The summed E-state index contributed by atoms with van der Waals surface area (Å²) in [5, 5.41) is 6.08. The first kappa shape index (κ1) is 21.5. The highest BCUT2D eigenvalue weighted by atomic mass is 32.2. The van der Waals surface area contributed by atoms with Gasteiger partial charge in [0.15, 0.2) is 0 Å². The van der Waals surface area contributed by atoms with Crippen molar-refractivity contribution in [2.24, 2.45) is 5.10 Å². The maximum absolute atomic E-state index is 13.1. The molecule has 0 atom stereocenters. The first-order valence-electron chi connectivity index (χ1n) is 9.91. The first-order chi connectivity index (χ1) is 15.5. The Morgan fingerprint density at radius 1 is 0.938 bits per heavy atom. The Bertz CT molecular complexity index is 1330. The van der Waals surface area contributed by atoms with Gasteiger partial charge >= 0.3 is 0 Å². The number of nitrogens with one attached hydrogen (secondary N) is 1. The van der Waals surface area contributed by atoms with Crippen LogP contribution >= 0.6 is 0 Å². The summed E-state index contributed by atoms with van der Waals surface area (Å²) < 4.78 is 32.6. The number of sulfonamides is 1. The molecule has 8 heteroatoms. The maximum atomic E-state index is 13.1. The fourth-order valence-corrected chi connectivity index (χ4v) is 4.66. The van der Waals surface area contributed by atoms with Gasteiger partial charge in [0.2, 0.25) is 10.0 Å². The molecule has 0 aliphatic heterocycles. The average Bonchev–Trinajstić information content (AvgIpc) is 3.33. The van der Waals surface area contributed by atoms with Crippen LogP contribution in [0.4, 0.5) is 0 Å². The zero-order valence-electron chi connectivity index (χ0n) is 17.1. The van der Waals surface area contributed by atoms with Gasteiger partial charge in [-0.05, 0) is 35.0 Å². The van der Waals surface area contributed by atoms with E-state index in [-0.39, 0.29) is 11.4 Å². The molecule has 0 bridgehead atoms. The van der Waals surface area contributed by atoms with Gasteiger partial charge < -0.3 is 4.42 Å². The largest absolute Gasteiger partial charge is 0.468 e. The van der Waals surface area contributed by atoms with Crippen molar-refractivity contribution < 1.29 is 17.6 Å². The van der Waals surface area contributed by atoms with Gasteiger partial charge in [0.25, 0.3) is 5.91 Å². The third-order valence-electron chi connectivity index (χ3n) is 4.83. The lowest BCUT2D eigenvalue weighted by atomic mass is 10.1. The van der Waals surface area contributed by atoms with Crippen LogP contribution in [0, 0.1) is 0 Å². The topological polar surface area (TPSA) is 92.0 Å². The molecule has 162 valence electrons. The molecule has 0 unspecified atom stereocenters. The van der Waals surface area contributed by atoms with Gasteiger partial charge in [0, 0.05) is 5.56 Å². The third-order valence-corrected chi connectivity index (χ3v) is 6.64. The lowest BCUT2D eigenvalue weighted by Gasteiger charge is -2.20. The highest BCUT2D eigenvalue weighted by molar-refractivity contribution is 7.89. The molecule has 3 aromatic carbocycles. The van der Waals surface area contributed by atoms with Crippen LogP contribution in [-0.2, 0) is 21.4 Å². The van der Waals surface area contributed by atoms with E-state index in [4.69, 9.17) is 4.42 Å². The minimum absolute atomic E-state index is 0.0787. The number of furan rings is 1. The van der Waals surface area contributed by atoms with Crippen molar-refractivity contribution in [3.8, 4) is 0 Å². The Kier molecular flexibility index (Phi) is 6.44. The number of nitrogens with zero attached hydrogens (tertiary/aromatic N) is 2. The predicted molar refractivity (Wildman–Crippen MR) is 122 cm³/mol. The second kappa shape index (κ2) is 9.59. The van der Waals surface area contributed by atoms with Gasteiger partial charge in [-0.1, -0.05) is 60.7 Å². The second-order valence-electron chi connectivity index (χ2n) is 7.03. The van der Waals surface area contributed by atoms with E-state index >= 15 is 0 Å². The quantitative estimate of drug-likeness (QED) is 0.329. The molecule has 0 fully saturated rings. The third kappa shape index (κ3) is 4.93. The van der Waals surface area contributed by atoms with Crippen molar-refractivity contribution in [3.63, 3.8) is 0 Å². The zero-order chi connectivity index (χ0) is 22.4. The number of hydrogen-bond acceptors (Lipinski definition) is 5. The van der Waals surface area contributed by atoms with E-state index < -0.39 is 22.5 Å². The molecule has 4 aromatic rings. The monoisotopic (exact) mass is 447 g/mol. The maximum Gasteiger partial charge on any atom is 0.255 e. The Morgan fingerprint density at radius 2 is 1.69 bits per heavy atom. The van der Waals surface area contributed by atoms with Crippen LogP contribution in [0.3, 0.4) is 0 Å². The molecule has 1 heterocycles. The lowest BCUT2D eigenvalue weighted by Crippen LogP contribution is -2.38. The van der Waals surface area contributed by atoms with Gasteiger partial charge in [-0.2, -0.15) is 9.41 Å². The Hall–Kier alpha value is -3.75. The molecule has 4 rings (SSSR count). The summed E-state index contributed by atoms with van der Waals surface area (Å²) in [6.45, 7) is -0.491. The molecular weight excluding hydrogens is 426 g/mol. The molecule has 0 aliphatic rings. The number of benzene rings is 3. The first-order valence-corrected chi connectivity index (χ1v) is 11.4. The molecule has 0 saturated carbocycles. The molecule has 0 spiro atoms. The van der Waals surface area contributed by atoms with E-state index in [2.05, 4.69) is 10.5 Å². The fraction of sp³-hybridized carbons (Fsp3) is 0.0833. The normalized spacial score (nSPS) is 11.9. The van der Waals surface area contributed by atoms with E-state index in [1.165, 1.54) is 18.4 Å². The van der Waals surface area contributed by atoms with Gasteiger partial charge in [0.05, 0.1) is 30.5 Å². The number of hydrogen-bond donors (Lipinski definition) is 1. The van der Waals surface area contributed by atoms with Crippen LogP contribution in [0.15, 0.2) is 106 Å². The second-order valence-corrected chi connectivity index (χ2v) is 8.97. The number of hydrazone groups is 1. The summed E-state index contributed by atoms with van der Waals surface area (Å²) >= 11 is 0. The number of amides is 1. The molecule has 0 radical (unpaired) electrons. The fourth-order valence-electron chi connectivity index (χ4n) is 3.28. The summed E-state index contributed by atoms with van der Waals surface area (Å²) in [6.07, 6.45) is 3.00. The molecule has 1 amide bonds. The van der Waals surface area contributed by atoms with Crippen molar-refractivity contribution in [1.29, 1.82) is 0 Å². The molecule has 1 aromatic heterocycles. The number of fused-ring (bicyclic) bond motifs is 1. The van der Waals surface area contributed by atoms with Gasteiger partial charge in [-0.15, -0.1) is 0 Å². The van der Waals surface area contributed by atoms with E-state index in [0.29, 0.717) is 5.76 Å². The van der Waals surface area contributed by atoms with Gasteiger partial charge in [-0.25, -0.2) is 13.8 Å². The van der Waals surface area contributed by atoms with Gasteiger partial charge in [0.1, 0.15) is 5.76 Å². The number of carbonyl (C=O) groups excluding carboxylic acids is 1. The minimum atomic E-state index is -3.92. The van der Waals surface area contributed by atoms with E-state index in [1.54, 1.807) is 36.5 Å². The standard InChI is InChI=1S/C24H21N3O4S/c28-24(26-25-16-20-10-6-9-19-8-4-5-14-23(19)20)18-27(17-21-11-7-15-31-21)32(29,30)22-12-2-1-3-13-22/h1-16H,17-18H2,(H,26,28)/b25-16-. The Labute approximate surface area is 186 Å². The summed E-state index contributed by atoms with van der Waals surface area (Å²) in [4.78, 5) is 12.6. The molecule has 32 heavy (non-hydrogen) atoms. The van der Waals surface area contributed by atoms with Crippen LogP contribution in [0.25, 0.3) is 10.8 Å². The number of carbonyl (C=O) groups is 1. The lowest BCUT2D eigenvalue weighted by molar-refractivity contribution is -0.121. The summed E-state index contributed by atoms with van der Waals surface area (Å²) in [7, 11) is -3.92. The van der Waals surface area contributed by atoms with Gasteiger partial charge in [-0.3, -0.25) is 4.79 Å². The zero-order valence-corrected chi connectivity index (χ0v) is 17.9. The average molecular weight is 448 g/mol. The van der Waals surface area contributed by atoms with Crippen molar-refractivity contribution >= 4 is 32.9 Å². The SMILES string of the molecule is O=C(CN(Cc1ccco1)S(=O)(=O)c1ccccc1)N/N=C\c1cccc2ccccc12. The van der Waals surface area contributed by atoms with Crippen molar-refractivity contribution in [3.05, 3.63) is 103 Å². The summed E-state index contributed by atoms with van der Waals surface area (Å²) in [6, 6.07) is 24.9. The van der Waals surface area contributed by atoms with Crippen molar-refractivity contribution in [2.45, 2.75) is 11.4 Å². The number of rotatable bonds is 8. The van der Waals surface area contributed by atoms with Crippen LogP contribution in [0.1, 0.15) is 11.3 Å². The van der Waals surface area contributed by atoms with E-state index in [0.717, 1.165) is 20.6 Å². The highest BCUT2D eigenvalue weighted by Crippen LogP contribution is 2.19. The Balaban J connectivity index is 1.50. The Morgan fingerprint density at radius 3 is 2.47 bits per heavy atom. The predicted octanol–water partition coefficient (Wildman–Crippen LogP) is 3.77. The summed E-state index contributed by atoms with van der Waals surface area (Å²) in [5.74, 6) is -0.135. The van der Waals surface area contributed by atoms with E-state index in [1.807, 2.05) is 42.5 Å². The molecule has 7 nitrogen and oxygen atoms in total. The molecule has 0 aliphatic carbocycles. The van der Waals surface area contributed by atoms with Crippen LogP contribution in [-0.4, -0.2) is 31.4 Å². The molecule has 1 N–H and O–H groups in total. The van der Waals surface area contributed by atoms with Crippen molar-refractivity contribution in [1.82, 2.24) is 9.73 Å². The highest BCUT2D eigenvalue weighted by Gasteiger charge is 2.27. The van der Waals surface area contributed by atoms with Crippen LogP contribution in [0.5, 0.6) is 0 Å². The molecular formula is C24H21N3O4S. The smallest absolute Gasteiger partial charge is 0.255 e. The van der Waals surface area contributed by atoms with Crippen LogP contribution < -0.4 is 5.43 Å². The van der Waals surface area contributed by atoms with E-state index in [9.17, 15) is 13.2 Å². The molecule has 0 saturated heterocycles. The van der Waals surface area contributed by atoms with Crippen molar-refractivity contribution in [2.75, 3.05) is 6.54 Å². The summed E-state index contributed by atoms with van der Waals surface area (Å²) in [5.41, 5.74) is 3.26.